The van der Waals surface area contributed by atoms with Crippen molar-refractivity contribution in [2.45, 2.75) is 19.9 Å². The minimum absolute atomic E-state index is 0.129. The molecular formula is C24H19BrN2O4S. The van der Waals surface area contributed by atoms with Crippen LogP contribution in [0.3, 0.4) is 0 Å². The van der Waals surface area contributed by atoms with E-state index in [2.05, 4.69) is 20.9 Å². The van der Waals surface area contributed by atoms with Crippen LogP contribution < -0.4 is 5.56 Å². The number of benzene rings is 2. The number of Topliss-reactive ketones (excluding diaryl/α,β-unsaturated/α-hetero) is 1. The van der Waals surface area contributed by atoms with Crippen LogP contribution in [0.5, 0.6) is 0 Å². The average molecular weight is 511 g/mol. The van der Waals surface area contributed by atoms with Crippen molar-refractivity contribution < 1.29 is 14.3 Å². The maximum absolute atomic E-state index is 13.0. The normalized spacial score (nSPS) is 10.9. The van der Waals surface area contributed by atoms with Crippen LogP contribution in [0.2, 0.25) is 0 Å². The van der Waals surface area contributed by atoms with Gasteiger partial charge in [0.1, 0.15) is 9.71 Å². The van der Waals surface area contributed by atoms with E-state index in [-0.39, 0.29) is 24.5 Å². The Bertz CT molecular complexity index is 1340. The maximum atomic E-state index is 13.0. The lowest BCUT2D eigenvalue weighted by Crippen LogP contribution is -2.24. The van der Waals surface area contributed by atoms with Gasteiger partial charge >= 0.3 is 5.97 Å². The SMILES string of the molecule is Cc1c(C(=O)OCCc2ccccc2)sc2ncn(CC(=O)c3ccc(Br)cc3)c(=O)c12. The minimum atomic E-state index is -0.474. The highest BCUT2D eigenvalue weighted by Gasteiger charge is 2.21. The Morgan fingerprint density at radius 3 is 2.53 bits per heavy atom. The summed E-state index contributed by atoms with van der Waals surface area (Å²) in [5.74, 6) is -0.674. The fourth-order valence-corrected chi connectivity index (χ4v) is 4.62. The zero-order chi connectivity index (χ0) is 22.7. The highest BCUT2D eigenvalue weighted by Crippen LogP contribution is 2.27. The fraction of sp³-hybridized carbons (Fsp3) is 0.167. The zero-order valence-electron chi connectivity index (χ0n) is 17.2. The summed E-state index contributed by atoms with van der Waals surface area (Å²) in [4.78, 5) is 43.3. The van der Waals surface area contributed by atoms with Crippen LogP contribution in [-0.2, 0) is 17.7 Å². The third-order valence-corrected chi connectivity index (χ3v) is 6.76. The highest BCUT2D eigenvalue weighted by molar-refractivity contribution is 9.10. The maximum Gasteiger partial charge on any atom is 0.348 e. The molecule has 162 valence electrons. The highest BCUT2D eigenvalue weighted by atomic mass is 79.9. The van der Waals surface area contributed by atoms with Gasteiger partial charge in [0.05, 0.1) is 24.9 Å². The quantitative estimate of drug-likeness (QED) is 0.263. The van der Waals surface area contributed by atoms with Crippen LogP contribution in [0.4, 0.5) is 0 Å². The molecule has 0 saturated heterocycles. The summed E-state index contributed by atoms with van der Waals surface area (Å²) in [6, 6.07) is 16.7. The number of aromatic nitrogens is 2. The number of nitrogens with zero attached hydrogens (tertiary/aromatic N) is 2. The number of fused-ring (bicyclic) bond motifs is 1. The molecule has 8 heteroatoms. The molecule has 0 radical (unpaired) electrons. The lowest BCUT2D eigenvalue weighted by atomic mass is 10.1. The summed E-state index contributed by atoms with van der Waals surface area (Å²) >= 11 is 4.47. The van der Waals surface area contributed by atoms with Crippen LogP contribution in [-0.4, -0.2) is 27.9 Å². The number of ketones is 1. The molecule has 0 aliphatic carbocycles. The van der Waals surface area contributed by atoms with E-state index in [1.54, 1.807) is 31.2 Å². The predicted molar refractivity (Wildman–Crippen MR) is 128 cm³/mol. The van der Waals surface area contributed by atoms with Crippen molar-refractivity contribution in [3.05, 3.63) is 97.3 Å². The summed E-state index contributed by atoms with van der Waals surface area (Å²) in [6.45, 7) is 1.82. The Kier molecular flexibility index (Phi) is 6.62. The van der Waals surface area contributed by atoms with Crippen molar-refractivity contribution in [2.75, 3.05) is 6.61 Å². The number of rotatable bonds is 7. The molecule has 2 heterocycles. The largest absolute Gasteiger partial charge is 0.461 e. The van der Waals surface area contributed by atoms with E-state index in [0.29, 0.717) is 32.6 Å². The van der Waals surface area contributed by atoms with Crippen LogP contribution in [0.25, 0.3) is 10.2 Å². The number of esters is 1. The minimum Gasteiger partial charge on any atom is -0.461 e. The molecule has 0 N–H and O–H groups in total. The zero-order valence-corrected chi connectivity index (χ0v) is 19.6. The molecule has 4 aromatic rings. The predicted octanol–water partition coefficient (Wildman–Crippen LogP) is 4.81. The van der Waals surface area contributed by atoms with E-state index in [0.717, 1.165) is 21.4 Å². The number of halogens is 1. The van der Waals surface area contributed by atoms with Crippen molar-refractivity contribution in [3.8, 4) is 0 Å². The van der Waals surface area contributed by atoms with Gasteiger partial charge in [-0.05, 0) is 30.2 Å². The van der Waals surface area contributed by atoms with Gasteiger partial charge in [0, 0.05) is 16.5 Å². The number of aryl methyl sites for hydroxylation is 1. The molecule has 0 fully saturated rings. The van der Waals surface area contributed by atoms with Crippen molar-refractivity contribution in [1.29, 1.82) is 0 Å². The smallest absolute Gasteiger partial charge is 0.348 e. The van der Waals surface area contributed by atoms with Gasteiger partial charge < -0.3 is 4.74 Å². The van der Waals surface area contributed by atoms with Gasteiger partial charge in [-0.2, -0.15) is 0 Å². The molecule has 4 rings (SSSR count). The van der Waals surface area contributed by atoms with Crippen molar-refractivity contribution in [1.82, 2.24) is 9.55 Å². The van der Waals surface area contributed by atoms with Crippen LogP contribution in [0.15, 0.2) is 70.2 Å². The van der Waals surface area contributed by atoms with Gasteiger partial charge in [-0.25, -0.2) is 9.78 Å². The van der Waals surface area contributed by atoms with Gasteiger partial charge in [-0.15, -0.1) is 11.3 Å². The molecule has 0 unspecified atom stereocenters. The second kappa shape index (κ2) is 9.58. The van der Waals surface area contributed by atoms with E-state index in [4.69, 9.17) is 4.74 Å². The van der Waals surface area contributed by atoms with Gasteiger partial charge in [-0.1, -0.05) is 58.4 Å². The summed E-state index contributed by atoms with van der Waals surface area (Å²) in [5, 5.41) is 0.344. The summed E-state index contributed by atoms with van der Waals surface area (Å²) in [6.07, 6.45) is 1.96. The first-order chi connectivity index (χ1) is 15.4. The Labute approximate surface area is 196 Å². The molecule has 0 bridgehead atoms. The van der Waals surface area contributed by atoms with Crippen molar-refractivity contribution >= 4 is 49.2 Å². The van der Waals surface area contributed by atoms with E-state index in [1.165, 1.54) is 10.9 Å². The summed E-state index contributed by atoms with van der Waals surface area (Å²) in [7, 11) is 0. The van der Waals surface area contributed by atoms with E-state index in [9.17, 15) is 14.4 Å². The Morgan fingerprint density at radius 2 is 1.81 bits per heavy atom. The molecule has 2 aromatic carbocycles. The molecule has 0 spiro atoms. The molecular weight excluding hydrogens is 492 g/mol. The first-order valence-corrected chi connectivity index (χ1v) is 11.5. The van der Waals surface area contributed by atoms with Crippen LogP contribution in [0, 0.1) is 6.92 Å². The molecule has 0 saturated carbocycles. The molecule has 0 amide bonds. The van der Waals surface area contributed by atoms with Crippen molar-refractivity contribution in [3.63, 3.8) is 0 Å². The number of hydrogen-bond acceptors (Lipinski definition) is 6. The first-order valence-electron chi connectivity index (χ1n) is 9.92. The number of ether oxygens (including phenoxy) is 1. The molecule has 0 atom stereocenters. The van der Waals surface area contributed by atoms with E-state index >= 15 is 0 Å². The summed E-state index contributed by atoms with van der Waals surface area (Å²) < 4.78 is 7.56. The van der Waals surface area contributed by atoms with Gasteiger partial charge in [-0.3, -0.25) is 14.2 Å². The van der Waals surface area contributed by atoms with Crippen LogP contribution in [0.1, 0.15) is 31.2 Å². The van der Waals surface area contributed by atoms with Crippen LogP contribution >= 0.6 is 27.3 Å². The molecule has 0 aliphatic heterocycles. The van der Waals surface area contributed by atoms with E-state index in [1.807, 2.05) is 30.3 Å². The number of thiophene rings is 1. The monoisotopic (exact) mass is 510 g/mol. The molecule has 0 aliphatic rings. The van der Waals surface area contributed by atoms with Crippen molar-refractivity contribution in [2.24, 2.45) is 0 Å². The molecule has 6 nitrogen and oxygen atoms in total. The average Bonchev–Trinajstić information content (AvgIpc) is 3.14. The second-order valence-electron chi connectivity index (χ2n) is 7.22. The molecule has 32 heavy (non-hydrogen) atoms. The number of carbonyl (C=O) groups excluding carboxylic acids is 2. The number of carbonyl (C=O) groups is 2. The summed E-state index contributed by atoms with van der Waals surface area (Å²) in [5.41, 5.74) is 1.76. The number of hydrogen-bond donors (Lipinski definition) is 0. The lowest BCUT2D eigenvalue weighted by molar-refractivity contribution is 0.0514. The van der Waals surface area contributed by atoms with Gasteiger partial charge in [0.25, 0.3) is 5.56 Å². The van der Waals surface area contributed by atoms with E-state index < -0.39 is 5.97 Å². The third-order valence-electron chi connectivity index (χ3n) is 5.05. The fourth-order valence-electron chi connectivity index (χ4n) is 3.32. The lowest BCUT2D eigenvalue weighted by Gasteiger charge is -2.05. The second-order valence-corrected chi connectivity index (χ2v) is 9.13. The standard InChI is InChI=1S/C24H19BrN2O4S/c1-15-20-22(32-21(15)24(30)31-12-11-16-5-3-2-4-6-16)26-14-27(23(20)29)13-19(28)17-7-9-18(25)10-8-17/h2-10,14H,11-13H2,1H3. The van der Waals surface area contributed by atoms with Gasteiger partial charge in [0.2, 0.25) is 0 Å². The Morgan fingerprint density at radius 1 is 1.09 bits per heavy atom. The molecule has 2 aromatic heterocycles. The Balaban J connectivity index is 1.52. The third kappa shape index (κ3) is 4.71. The van der Waals surface area contributed by atoms with Gasteiger partial charge in [0.15, 0.2) is 5.78 Å². The first kappa shape index (κ1) is 22.1. The Hall–Kier alpha value is -3.10. The topological polar surface area (TPSA) is 78.3 Å².